The van der Waals surface area contributed by atoms with Gasteiger partial charge in [0.25, 0.3) is 0 Å². The molecule has 1 aliphatic carbocycles. The molecule has 1 aromatic heterocycles. The first-order valence-electron chi connectivity index (χ1n) is 7.07. The molecule has 2 heterocycles. The molecule has 2 N–H and O–H groups in total. The molecule has 0 radical (unpaired) electrons. The molecule has 2 fully saturated rings. The van der Waals surface area contributed by atoms with E-state index < -0.39 is 0 Å². The number of nitrogens with zero attached hydrogens (tertiary/aromatic N) is 3. The number of aromatic nitrogens is 2. The quantitative estimate of drug-likeness (QED) is 0.871. The lowest BCUT2D eigenvalue weighted by molar-refractivity contribution is 0.260. The van der Waals surface area contributed by atoms with Gasteiger partial charge in [0.2, 0.25) is 5.88 Å². The number of anilines is 1. The summed E-state index contributed by atoms with van der Waals surface area (Å²) < 4.78 is 5.28. The predicted molar refractivity (Wildman–Crippen MR) is 74.3 cm³/mol. The minimum atomic E-state index is 0.354. The average Bonchev–Trinajstić information content (AvgIpc) is 2.84. The van der Waals surface area contributed by atoms with Crippen LogP contribution in [0.5, 0.6) is 5.88 Å². The van der Waals surface area contributed by atoms with Gasteiger partial charge in [0.1, 0.15) is 12.1 Å². The predicted octanol–water partition coefficient (Wildman–Crippen LogP) is 1.36. The van der Waals surface area contributed by atoms with Crippen molar-refractivity contribution in [2.24, 2.45) is 17.6 Å². The maximum atomic E-state index is 6.27. The van der Waals surface area contributed by atoms with Crippen LogP contribution in [0.25, 0.3) is 0 Å². The van der Waals surface area contributed by atoms with Crippen molar-refractivity contribution >= 4 is 5.82 Å². The first-order valence-corrected chi connectivity index (χ1v) is 7.07. The van der Waals surface area contributed by atoms with Gasteiger partial charge in [-0.2, -0.15) is 0 Å². The van der Waals surface area contributed by atoms with Crippen LogP contribution in [0.2, 0.25) is 0 Å². The third kappa shape index (κ3) is 2.16. The minimum absolute atomic E-state index is 0.354. The number of rotatable bonds is 2. The number of methoxy groups -OCH3 is 1. The maximum absolute atomic E-state index is 6.27. The molecule has 2 aliphatic rings. The van der Waals surface area contributed by atoms with Gasteiger partial charge < -0.3 is 15.4 Å². The lowest BCUT2D eigenvalue weighted by Crippen LogP contribution is -2.38. The van der Waals surface area contributed by atoms with Crippen LogP contribution in [0.15, 0.2) is 6.33 Å². The molecular formula is C14H22N4O. The Morgan fingerprint density at radius 2 is 2.16 bits per heavy atom. The van der Waals surface area contributed by atoms with Crippen molar-refractivity contribution in [1.82, 2.24) is 9.97 Å². The Balaban J connectivity index is 1.84. The number of nitrogens with two attached hydrogens (primary N) is 1. The smallest absolute Gasteiger partial charge is 0.221 e. The summed E-state index contributed by atoms with van der Waals surface area (Å²) in [5.74, 6) is 3.02. The van der Waals surface area contributed by atoms with E-state index in [0.717, 1.165) is 30.4 Å². The largest absolute Gasteiger partial charge is 0.481 e. The highest BCUT2D eigenvalue weighted by atomic mass is 16.5. The van der Waals surface area contributed by atoms with Gasteiger partial charge in [-0.25, -0.2) is 9.97 Å². The Hall–Kier alpha value is -1.36. The van der Waals surface area contributed by atoms with E-state index in [0.29, 0.717) is 17.8 Å². The summed E-state index contributed by atoms with van der Waals surface area (Å²) in [6.07, 6.45) is 5.32. The van der Waals surface area contributed by atoms with Gasteiger partial charge in [0.15, 0.2) is 0 Å². The van der Waals surface area contributed by atoms with Crippen LogP contribution < -0.4 is 15.4 Å². The van der Waals surface area contributed by atoms with Crippen LogP contribution in [0.1, 0.15) is 24.8 Å². The van der Waals surface area contributed by atoms with Crippen molar-refractivity contribution in [1.29, 1.82) is 0 Å². The number of hydrogen-bond donors (Lipinski definition) is 1. The highest BCUT2D eigenvalue weighted by Crippen LogP contribution is 2.38. The minimum Gasteiger partial charge on any atom is -0.481 e. The van der Waals surface area contributed by atoms with Crippen LogP contribution in [-0.2, 0) is 0 Å². The third-order valence-corrected chi connectivity index (χ3v) is 4.66. The fourth-order valence-corrected chi connectivity index (χ4v) is 3.64. The van der Waals surface area contributed by atoms with Crippen molar-refractivity contribution in [3.05, 3.63) is 11.9 Å². The van der Waals surface area contributed by atoms with E-state index in [2.05, 4.69) is 14.9 Å². The molecule has 1 aromatic rings. The third-order valence-electron chi connectivity index (χ3n) is 4.66. The molecule has 5 heteroatoms. The zero-order valence-electron chi connectivity index (χ0n) is 11.7. The van der Waals surface area contributed by atoms with Crippen LogP contribution in [0.3, 0.4) is 0 Å². The standard InChI is InChI=1S/C14H22N4O/c1-9-13(16-8-17-14(9)19-2)18-6-10-4-3-5-12(15)11(10)7-18/h8,10-12H,3-7,15H2,1-2H3. The molecule has 19 heavy (non-hydrogen) atoms. The summed E-state index contributed by atoms with van der Waals surface area (Å²) in [7, 11) is 1.65. The van der Waals surface area contributed by atoms with Crippen molar-refractivity contribution in [3.63, 3.8) is 0 Å². The summed E-state index contributed by atoms with van der Waals surface area (Å²) in [5.41, 5.74) is 7.30. The second-order valence-corrected chi connectivity index (χ2v) is 5.76. The monoisotopic (exact) mass is 262 g/mol. The number of hydrogen-bond acceptors (Lipinski definition) is 5. The van der Waals surface area contributed by atoms with Gasteiger partial charge in [-0.15, -0.1) is 0 Å². The van der Waals surface area contributed by atoms with E-state index in [1.165, 1.54) is 19.3 Å². The topological polar surface area (TPSA) is 64.3 Å². The summed E-state index contributed by atoms with van der Waals surface area (Å²) >= 11 is 0. The lowest BCUT2D eigenvalue weighted by atomic mass is 9.78. The van der Waals surface area contributed by atoms with E-state index in [1.807, 2.05) is 6.92 Å². The number of fused-ring (bicyclic) bond motifs is 1. The molecule has 3 unspecified atom stereocenters. The van der Waals surface area contributed by atoms with E-state index in [4.69, 9.17) is 10.5 Å². The van der Waals surface area contributed by atoms with Gasteiger partial charge in [0.05, 0.1) is 12.7 Å². The Morgan fingerprint density at radius 1 is 1.32 bits per heavy atom. The molecular weight excluding hydrogens is 240 g/mol. The van der Waals surface area contributed by atoms with Crippen molar-refractivity contribution < 1.29 is 4.74 Å². The number of ether oxygens (including phenoxy) is 1. The molecule has 104 valence electrons. The van der Waals surface area contributed by atoms with Crippen LogP contribution >= 0.6 is 0 Å². The maximum Gasteiger partial charge on any atom is 0.221 e. The highest BCUT2D eigenvalue weighted by molar-refractivity contribution is 5.51. The lowest BCUT2D eigenvalue weighted by Gasteiger charge is -2.29. The molecule has 0 amide bonds. The second kappa shape index (κ2) is 4.96. The van der Waals surface area contributed by atoms with Crippen molar-refractivity contribution in [2.75, 3.05) is 25.1 Å². The van der Waals surface area contributed by atoms with E-state index in [1.54, 1.807) is 13.4 Å². The Labute approximate surface area is 114 Å². The van der Waals surface area contributed by atoms with E-state index in [9.17, 15) is 0 Å². The summed E-state index contributed by atoms with van der Waals surface area (Å²) in [4.78, 5) is 11.0. The molecule has 1 saturated carbocycles. The summed E-state index contributed by atoms with van der Waals surface area (Å²) in [6.45, 7) is 4.11. The van der Waals surface area contributed by atoms with Gasteiger partial charge >= 0.3 is 0 Å². The zero-order valence-corrected chi connectivity index (χ0v) is 11.7. The van der Waals surface area contributed by atoms with Crippen LogP contribution in [-0.4, -0.2) is 36.2 Å². The van der Waals surface area contributed by atoms with E-state index >= 15 is 0 Å². The molecule has 3 atom stereocenters. The van der Waals surface area contributed by atoms with Crippen LogP contribution in [0.4, 0.5) is 5.82 Å². The molecule has 0 aromatic carbocycles. The summed E-state index contributed by atoms with van der Waals surface area (Å²) in [5, 5.41) is 0. The molecule has 5 nitrogen and oxygen atoms in total. The molecule has 0 spiro atoms. The normalized spacial score (nSPS) is 30.3. The van der Waals surface area contributed by atoms with E-state index in [-0.39, 0.29) is 0 Å². The average molecular weight is 262 g/mol. The molecule has 0 bridgehead atoms. The SMILES string of the molecule is COc1ncnc(N2CC3CCCC(N)C3C2)c1C. The van der Waals surface area contributed by atoms with Crippen molar-refractivity contribution in [3.8, 4) is 5.88 Å². The summed E-state index contributed by atoms with van der Waals surface area (Å²) in [6, 6.07) is 0.354. The Bertz CT molecular complexity index is 465. The van der Waals surface area contributed by atoms with Crippen LogP contribution in [0, 0.1) is 18.8 Å². The molecule has 1 saturated heterocycles. The van der Waals surface area contributed by atoms with Gasteiger partial charge in [-0.1, -0.05) is 6.42 Å². The molecule has 3 rings (SSSR count). The first kappa shape index (κ1) is 12.7. The fraction of sp³-hybridized carbons (Fsp3) is 0.714. The Kier molecular flexibility index (Phi) is 3.31. The molecule has 1 aliphatic heterocycles. The zero-order chi connectivity index (χ0) is 13.4. The highest BCUT2D eigenvalue weighted by Gasteiger charge is 2.39. The Morgan fingerprint density at radius 3 is 2.89 bits per heavy atom. The fourth-order valence-electron chi connectivity index (χ4n) is 3.64. The van der Waals surface area contributed by atoms with Gasteiger partial charge in [-0.05, 0) is 31.6 Å². The first-order chi connectivity index (χ1) is 9.20. The van der Waals surface area contributed by atoms with Crippen molar-refractivity contribution in [2.45, 2.75) is 32.2 Å². The second-order valence-electron chi connectivity index (χ2n) is 5.76. The van der Waals surface area contributed by atoms with Gasteiger partial charge in [-0.3, -0.25) is 0 Å². The van der Waals surface area contributed by atoms with Gasteiger partial charge in [0, 0.05) is 19.1 Å².